The van der Waals surface area contributed by atoms with E-state index in [9.17, 15) is 0 Å². The molecule has 0 aliphatic heterocycles. The summed E-state index contributed by atoms with van der Waals surface area (Å²) in [6.45, 7) is 1.45. The Bertz CT molecular complexity index is 565. The quantitative estimate of drug-likeness (QED) is 0.850. The molecule has 1 fully saturated rings. The Kier molecular flexibility index (Phi) is 4.52. The average Bonchev–Trinajstić information content (AvgIpc) is 2.89. The van der Waals surface area contributed by atoms with Crippen LogP contribution in [0.3, 0.4) is 0 Å². The van der Waals surface area contributed by atoms with Crippen molar-refractivity contribution in [2.24, 2.45) is 0 Å². The highest BCUT2D eigenvalue weighted by Gasteiger charge is 2.13. The third-order valence-corrected chi connectivity index (χ3v) is 4.22. The first kappa shape index (κ1) is 13.8. The van der Waals surface area contributed by atoms with Crippen LogP contribution < -0.4 is 5.32 Å². The van der Waals surface area contributed by atoms with Crippen molar-refractivity contribution in [2.75, 3.05) is 18.5 Å². The molecule has 0 bridgehead atoms. The molecule has 1 aliphatic carbocycles. The maximum absolute atomic E-state index is 5.87. The second-order valence-corrected chi connectivity index (χ2v) is 5.97. The van der Waals surface area contributed by atoms with Gasteiger partial charge in [0.15, 0.2) is 5.65 Å². The Hall–Kier alpha value is -1.14. The van der Waals surface area contributed by atoms with Gasteiger partial charge in [0, 0.05) is 12.7 Å². The third-order valence-electron chi connectivity index (χ3n) is 3.61. The fraction of sp³-hybridized carbons (Fsp3) is 0.571. The van der Waals surface area contributed by atoms with Crippen LogP contribution in [0, 0.1) is 0 Å². The van der Waals surface area contributed by atoms with Gasteiger partial charge in [0.25, 0.3) is 0 Å². The van der Waals surface area contributed by atoms with E-state index in [4.69, 9.17) is 4.74 Å². The highest BCUT2D eigenvalue weighted by atomic mass is 79.9. The lowest BCUT2D eigenvalue weighted by atomic mass is 9.98. The van der Waals surface area contributed by atoms with Crippen LogP contribution in [0.5, 0.6) is 0 Å². The van der Waals surface area contributed by atoms with Crippen LogP contribution in [0.2, 0.25) is 0 Å². The molecule has 2 aromatic rings. The molecule has 3 rings (SSSR count). The smallest absolute Gasteiger partial charge is 0.243 e. The fourth-order valence-electron chi connectivity index (χ4n) is 2.57. The Morgan fingerprint density at radius 3 is 3.00 bits per heavy atom. The van der Waals surface area contributed by atoms with Crippen LogP contribution in [0.25, 0.3) is 5.65 Å². The maximum Gasteiger partial charge on any atom is 0.243 e. The number of pyridine rings is 1. The summed E-state index contributed by atoms with van der Waals surface area (Å²) >= 11 is 3.47. The molecule has 0 amide bonds. The van der Waals surface area contributed by atoms with Gasteiger partial charge in [0.1, 0.15) is 0 Å². The van der Waals surface area contributed by atoms with E-state index in [1.807, 2.05) is 18.3 Å². The molecule has 0 spiro atoms. The molecule has 0 unspecified atom stereocenters. The summed E-state index contributed by atoms with van der Waals surface area (Å²) in [5.74, 6) is 0.643. The van der Waals surface area contributed by atoms with Crippen molar-refractivity contribution in [1.82, 2.24) is 14.6 Å². The second-order valence-electron chi connectivity index (χ2n) is 5.12. The van der Waals surface area contributed by atoms with Crippen LogP contribution in [0.15, 0.2) is 22.8 Å². The van der Waals surface area contributed by atoms with Crippen molar-refractivity contribution >= 4 is 27.5 Å². The minimum atomic E-state index is 0.453. The van der Waals surface area contributed by atoms with Crippen molar-refractivity contribution in [3.8, 4) is 0 Å². The summed E-state index contributed by atoms with van der Waals surface area (Å²) in [7, 11) is 0. The molecule has 2 heterocycles. The van der Waals surface area contributed by atoms with Crippen molar-refractivity contribution in [2.45, 2.75) is 38.2 Å². The minimum absolute atomic E-state index is 0.453. The van der Waals surface area contributed by atoms with Gasteiger partial charge >= 0.3 is 0 Å². The van der Waals surface area contributed by atoms with E-state index in [1.54, 1.807) is 4.52 Å². The lowest BCUT2D eigenvalue weighted by molar-refractivity contribution is 0.0347. The predicted molar refractivity (Wildman–Crippen MR) is 82.0 cm³/mol. The first-order valence-electron chi connectivity index (χ1n) is 7.19. The van der Waals surface area contributed by atoms with Crippen molar-refractivity contribution in [3.05, 3.63) is 22.8 Å². The number of nitrogens with one attached hydrogen (secondary N) is 1. The Balaban J connectivity index is 1.48. The zero-order chi connectivity index (χ0) is 13.8. The van der Waals surface area contributed by atoms with E-state index >= 15 is 0 Å². The van der Waals surface area contributed by atoms with Gasteiger partial charge < -0.3 is 10.1 Å². The summed E-state index contributed by atoms with van der Waals surface area (Å²) < 4.78 is 8.57. The zero-order valence-corrected chi connectivity index (χ0v) is 13.0. The molecule has 108 valence electrons. The summed E-state index contributed by atoms with van der Waals surface area (Å²) in [6, 6.07) is 3.89. The van der Waals surface area contributed by atoms with Crippen molar-refractivity contribution < 1.29 is 4.74 Å². The number of aromatic nitrogens is 3. The lowest BCUT2D eigenvalue weighted by Gasteiger charge is -2.21. The zero-order valence-electron chi connectivity index (χ0n) is 11.4. The number of halogens is 1. The van der Waals surface area contributed by atoms with E-state index in [0.29, 0.717) is 18.7 Å². The van der Waals surface area contributed by atoms with Gasteiger partial charge in [-0.2, -0.15) is 4.98 Å². The normalized spacial score (nSPS) is 16.6. The molecule has 0 saturated heterocycles. The number of hydrogen-bond acceptors (Lipinski definition) is 4. The molecular weight excluding hydrogens is 320 g/mol. The van der Waals surface area contributed by atoms with Crippen molar-refractivity contribution in [3.63, 3.8) is 0 Å². The standard InChI is InChI=1S/C14H19BrN4O/c15-12-7-4-9-19-13(12)17-14(18-19)16-8-10-20-11-5-2-1-3-6-11/h4,7,9,11H,1-3,5-6,8,10H2,(H,16,18). The van der Waals surface area contributed by atoms with Crippen molar-refractivity contribution in [1.29, 1.82) is 0 Å². The van der Waals surface area contributed by atoms with E-state index in [1.165, 1.54) is 32.1 Å². The number of hydrogen-bond donors (Lipinski definition) is 1. The van der Waals surface area contributed by atoms with Crippen LogP contribution in [0.1, 0.15) is 32.1 Å². The Morgan fingerprint density at radius 1 is 1.35 bits per heavy atom. The lowest BCUT2D eigenvalue weighted by Crippen LogP contribution is -2.20. The molecule has 20 heavy (non-hydrogen) atoms. The minimum Gasteiger partial charge on any atom is -0.376 e. The summed E-state index contributed by atoms with van der Waals surface area (Å²) in [6.07, 6.45) is 8.72. The summed E-state index contributed by atoms with van der Waals surface area (Å²) in [5.41, 5.74) is 0.822. The number of rotatable bonds is 5. The molecular formula is C14H19BrN4O. The largest absolute Gasteiger partial charge is 0.376 e. The van der Waals surface area contributed by atoms with E-state index < -0.39 is 0 Å². The van der Waals surface area contributed by atoms with Gasteiger partial charge in [0.2, 0.25) is 5.95 Å². The highest BCUT2D eigenvalue weighted by molar-refractivity contribution is 9.10. The molecule has 6 heteroatoms. The molecule has 2 aromatic heterocycles. The monoisotopic (exact) mass is 338 g/mol. The van der Waals surface area contributed by atoms with Gasteiger partial charge in [0.05, 0.1) is 17.2 Å². The average molecular weight is 339 g/mol. The molecule has 5 nitrogen and oxygen atoms in total. The molecule has 0 aromatic carbocycles. The van der Waals surface area contributed by atoms with Gasteiger partial charge in [-0.1, -0.05) is 19.3 Å². The number of nitrogens with zero attached hydrogens (tertiary/aromatic N) is 3. The first-order valence-corrected chi connectivity index (χ1v) is 7.98. The third kappa shape index (κ3) is 3.30. The van der Waals surface area contributed by atoms with Gasteiger partial charge in [-0.3, -0.25) is 0 Å². The SMILES string of the molecule is Brc1cccn2nc(NCCOC3CCCCC3)nc12. The van der Waals surface area contributed by atoms with Gasteiger partial charge in [-0.05, 0) is 40.9 Å². The van der Waals surface area contributed by atoms with E-state index in [0.717, 1.165) is 16.7 Å². The van der Waals surface area contributed by atoms with Crippen LogP contribution >= 0.6 is 15.9 Å². The molecule has 0 atom stereocenters. The van der Waals surface area contributed by atoms with Crippen LogP contribution in [-0.4, -0.2) is 33.9 Å². The van der Waals surface area contributed by atoms with E-state index in [2.05, 4.69) is 31.3 Å². The fourth-order valence-corrected chi connectivity index (χ4v) is 2.99. The summed E-state index contributed by atoms with van der Waals surface area (Å²) in [4.78, 5) is 4.43. The molecule has 0 radical (unpaired) electrons. The predicted octanol–water partition coefficient (Wildman–Crippen LogP) is 3.25. The molecule has 1 saturated carbocycles. The topological polar surface area (TPSA) is 51.5 Å². The molecule has 1 N–H and O–H groups in total. The summed E-state index contributed by atoms with van der Waals surface area (Å²) in [5, 5.41) is 7.58. The van der Waals surface area contributed by atoms with Crippen LogP contribution in [0.4, 0.5) is 5.95 Å². The number of fused-ring (bicyclic) bond motifs is 1. The maximum atomic E-state index is 5.87. The Labute approximate surface area is 126 Å². The number of anilines is 1. The van der Waals surface area contributed by atoms with Gasteiger partial charge in [-0.15, -0.1) is 5.10 Å². The van der Waals surface area contributed by atoms with Gasteiger partial charge in [-0.25, -0.2) is 4.52 Å². The van der Waals surface area contributed by atoms with Crippen LogP contribution in [-0.2, 0) is 4.74 Å². The second kappa shape index (κ2) is 6.54. The number of ether oxygens (including phenoxy) is 1. The molecule has 1 aliphatic rings. The highest BCUT2D eigenvalue weighted by Crippen LogP contribution is 2.20. The van der Waals surface area contributed by atoms with E-state index in [-0.39, 0.29) is 0 Å². The first-order chi connectivity index (χ1) is 9.83. The Morgan fingerprint density at radius 2 is 2.20 bits per heavy atom.